The average molecular weight is 750 g/mol. The normalized spacial score (nSPS) is 23.8. The summed E-state index contributed by atoms with van der Waals surface area (Å²) in [6.07, 6.45) is 2.87. The minimum Gasteiger partial charge on any atom is -0.480 e. The van der Waals surface area contributed by atoms with Gasteiger partial charge in [0.1, 0.15) is 42.1 Å². The number of alkyl halides is 1. The number of amides is 5. The van der Waals surface area contributed by atoms with Gasteiger partial charge in [0.15, 0.2) is 0 Å². The van der Waals surface area contributed by atoms with Crippen molar-refractivity contribution in [3.63, 3.8) is 0 Å². The number of carbonyl (C=O) groups excluding carboxylic acids is 6. The van der Waals surface area contributed by atoms with Gasteiger partial charge in [-0.3, -0.25) is 33.8 Å². The summed E-state index contributed by atoms with van der Waals surface area (Å²) in [6.45, 7) is 8.55. The van der Waals surface area contributed by atoms with Crippen molar-refractivity contribution in [2.75, 3.05) is 6.54 Å². The number of rotatable bonds is 16. The van der Waals surface area contributed by atoms with Crippen molar-refractivity contribution in [1.82, 2.24) is 35.7 Å². The molecule has 0 bridgehead atoms. The molecule has 1 aromatic heterocycles. The Morgan fingerprint density at radius 3 is 2.24 bits per heavy atom. The van der Waals surface area contributed by atoms with Gasteiger partial charge in [-0.05, 0) is 30.2 Å². The first kappa shape index (κ1) is 39.9. The SMILES string of the molecule is CCCC(C(=O)C(=O)N[C@@H](Cc1ccccc1)C(=O)O)N1C(=O)C2[C@H]3C1CC(F)[C@H]3CN2C(=O)C(NC(=O)[C@H](NC(=O)c1cnccn1)C(C)C)C(C)C. The van der Waals surface area contributed by atoms with E-state index < -0.39 is 107 Å². The van der Waals surface area contributed by atoms with E-state index >= 15 is 4.39 Å². The molecule has 5 amide bonds. The lowest BCUT2D eigenvalue weighted by Crippen LogP contribution is -2.59. The van der Waals surface area contributed by atoms with Gasteiger partial charge < -0.3 is 30.9 Å². The maximum absolute atomic E-state index is 15.8. The summed E-state index contributed by atoms with van der Waals surface area (Å²) in [6, 6.07) is 1.74. The van der Waals surface area contributed by atoms with Crippen LogP contribution in [-0.2, 0) is 35.2 Å². The Hall–Kier alpha value is -5.28. The van der Waals surface area contributed by atoms with E-state index in [9.17, 15) is 38.7 Å². The van der Waals surface area contributed by atoms with Crippen LogP contribution in [0, 0.1) is 23.7 Å². The second-order valence-electron chi connectivity index (χ2n) is 15.0. The number of hydrogen-bond acceptors (Lipinski definition) is 9. The van der Waals surface area contributed by atoms with Gasteiger partial charge in [-0.25, -0.2) is 14.2 Å². The van der Waals surface area contributed by atoms with Crippen LogP contribution >= 0.6 is 0 Å². The number of ketones is 1. The molecule has 2 aromatic rings. The molecule has 16 heteroatoms. The predicted molar refractivity (Wildman–Crippen MR) is 191 cm³/mol. The van der Waals surface area contributed by atoms with E-state index in [1.807, 2.05) is 0 Å². The van der Waals surface area contributed by atoms with E-state index in [0.29, 0.717) is 12.0 Å². The highest BCUT2D eigenvalue weighted by Gasteiger charge is 2.66. The molecule has 3 aliphatic rings. The van der Waals surface area contributed by atoms with Gasteiger partial charge in [0.25, 0.3) is 11.8 Å². The molecule has 1 saturated carbocycles. The van der Waals surface area contributed by atoms with Gasteiger partial charge in [0.05, 0.1) is 6.20 Å². The second-order valence-corrected chi connectivity index (χ2v) is 15.0. The maximum atomic E-state index is 15.8. The van der Waals surface area contributed by atoms with Crippen molar-refractivity contribution in [2.24, 2.45) is 23.7 Å². The molecule has 3 heterocycles. The molecule has 4 N–H and O–H groups in total. The average Bonchev–Trinajstić information content (AvgIpc) is 3.78. The van der Waals surface area contributed by atoms with Gasteiger partial charge in [-0.1, -0.05) is 71.4 Å². The van der Waals surface area contributed by atoms with Crippen LogP contribution in [0.25, 0.3) is 0 Å². The topological polar surface area (TPSA) is 208 Å². The third kappa shape index (κ3) is 8.11. The van der Waals surface area contributed by atoms with Crippen molar-refractivity contribution in [1.29, 1.82) is 0 Å². The van der Waals surface area contributed by atoms with Crippen molar-refractivity contribution in [3.8, 4) is 0 Å². The van der Waals surface area contributed by atoms with Crippen molar-refractivity contribution in [2.45, 2.75) is 103 Å². The molecule has 1 aliphatic carbocycles. The van der Waals surface area contributed by atoms with Gasteiger partial charge in [-0.2, -0.15) is 0 Å². The van der Waals surface area contributed by atoms with Gasteiger partial charge in [0.2, 0.25) is 23.5 Å². The van der Waals surface area contributed by atoms with Crippen molar-refractivity contribution < 1.29 is 43.1 Å². The molecule has 5 rings (SSSR count). The Morgan fingerprint density at radius 1 is 0.963 bits per heavy atom. The lowest BCUT2D eigenvalue weighted by molar-refractivity contribution is -0.150. The number of Topliss-reactive ketones (excluding diaryl/α,β-unsaturated/α-hetero) is 1. The molecule has 2 aliphatic heterocycles. The number of halogens is 1. The maximum Gasteiger partial charge on any atom is 0.326 e. The molecule has 0 spiro atoms. The zero-order valence-electron chi connectivity index (χ0n) is 31.0. The lowest BCUT2D eigenvalue weighted by Gasteiger charge is -2.33. The summed E-state index contributed by atoms with van der Waals surface area (Å²) in [5, 5.41) is 17.6. The molecule has 3 fully saturated rings. The van der Waals surface area contributed by atoms with Crippen LogP contribution in [0.2, 0.25) is 0 Å². The van der Waals surface area contributed by atoms with E-state index in [0.717, 1.165) is 0 Å². The number of aromatic nitrogens is 2. The Balaban J connectivity index is 1.35. The first-order valence-electron chi connectivity index (χ1n) is 18.4. The van der Waals surface area contributed by atoms with Crippen LogP contribution in [0.3, 0.4) is 0 Å². The van der Waals surface area contributed by atoms with Crippen molar-refractivity contribution >= 4 is 41.3 Å². The minimum atomic E-state index is -1.42. The van der Waals surface area contributed by atoms with Crippen LogP contribution < -0.4 is 16.0 Å². The Morgan fingerprint density at radius 2 is 1.65 bits per heavy atom. The molecular formula is C38H48FN7O8. The van der Waals surface area contributed by atoms with Crippen LogP contribution in [0.5, 0.6) is 0 Å². The second kappa shape index (κ2) is 16.8. The fourth-order valence-electron chi connectivity index (χ4n) is 8.05. The van der Waals surface area contributed by atoms with Crippen LogP contribution in [0.15, 0.2) is 48.9 Å². The zero-order chi connectivity index (χ0) is 39.4. The largest absolute Gasteiger partial charge is 0.480 e. The Kier molecular flexibility index (Phi) is 12.4. The van der Waals surface area contributed by atoms with E-state index in [4.69, 9.17) is 0 Å². The number of benzene rings is 1. The fraction of sp³-hybridized carbons (Fsp3) is 0.553. The van der Waals surface area contributed by atoms with Gasteiger partial charge in [0, 0.05) is 43.2 Å². The number of nitrogens with one attached hydrogen (secondary N) is 3. The van der Waals surface area contributed by atoms with Crippen LogP contribution in [0.1, 0.15) is 69.9 Å². The molecular weight excluding hydrogens is 701 g/mol. The molecule has 0 radical (unpaired) electrons. The summed E-state index contributed by atoms with van der Waals surface area (Å²) in [7, 11) is 0. The number of likely N-dealkylation sites (tertiary alicyclic amines) is 2. The number of carboxylic acid groups (broad SMARTS) is 1. The lowest BCUT2D eigenvalue weighted by atomic mass is 9.93. The van der Waals surface area contributed by atoms with Gasteiger partial charge in [-0.15, -0.1) is 0 Å². The molecule has 9 atom stereocenters. The third-order valence-electron chi connectivity index (χ3n) is 10.7. The summed E-state index contributed by atoms with van der Waals surface area (Å²) in [5.74, 6) is -8.26. The molecule has 2 saturated heterocycles. The van der Waals surface area contributed by atoms with E-state index in [2.05, 4.69) is 25.9 Å². The summed E-state index contributed by atoms with van der Waals surface area (Å²) in [4.78, 5) is 105. The number of nitrogens with zero attached hydrogens (tertiary/aromatic N) is 4. The minimum absolute atomic E-state index is 0.00176. The first-order valence-corrected chi connectivity index (χ1v) is 18.4. The predicted octanol–water partition coefficient (Wildman–Crippen LogP) is 1.32. The highest BCUT2D eigenvalue weighted by Crippen LogP contribution is 2.52. The standard InChI is InChI=1S/C38H48FN7O8/c1-6-10-26(32(47)35(50)42-24(38(53)54)15-21-11-8-7-9-12-21)46-27-16-23(39)22-18-45(31(28(22)27)37(46)52)36(51)30(20(4)5)44-34(49)29(19(2)3)43-33(48)25-17-40-13-14-41-25/h7-9,11-14,17,19-20,22-24,26-31H,6,10,15-16,18H2,1-5H3,(H,42,50)(H,43,48)(H,44,49)(H,53,54)/t22-,23?,24+,26?,27?,28-,29-,30?,31?/m1/s1. The number of aliphatic carboxylic acids is 1. The summed E-state index contributed by atoms with van der Waals surface area (Å²) >= 11 is 0. The first-order chi connectivity index (χ1) is 25.7. The van der Waals surface area contributed by atoms with Gasteiger partial charge >= 0.3 is 5.97 Å². The molecule has 290 valence electrons. The highest BCUT2D eigenvalue weighted by atomic mass is 19.1. The Bertz CT molecular complexity index is 1750. The molecule has 54 heavy (non-hydrogen) atoms. The number of hydrogen-bond donors (Lipinski definition) is 4. The smallest absolute Gasteiger partial charge is 0.326 e. The molecule has 5 unspecified atom stereocenters. The van der Waals surface area contributed by atoms with E-state index in [1.165, 1.54) is 28.4 Å². The van der Waals surface area contributed by atoms with E-state index in [1.54, 1.807) is 65.0 Å². The Labute approximate surface area is 312 Å². The third-order valence-corrected chi connectivity index (χ3v) is 10.7. The van der Waals surface area contributed by atoms with Crippen LogP contribution in [-0.4, -0.2) is 115 Å². The number of carboxylic acids is 1. The summed E-state index contributed by atoms with van der Waals surface area (Å²) in [5.41, 5.74) is 0.630. The molecule has 15 nitrogen and oxygen atoms in total. The number of carbonyl (C=O) groups is 7. The zero-order valence-corrected chi connectivity index (χ0v) is 31.0. The van der Waals surface area contributed by atoms with Crippen molar-refractivity contribution in [3.05, 3.63) is 60.2 Å². The monoisotopic (exact) mass is 749 g/mol. The molecule has 1 aromatic carbocycles. The quantitative estimate of drug-likeness (QED) is 0.181. The summed E-state index contributed by atoms with van der Waals surface area (Å²) < 4.78 is 15.8. The fourth-order valence-corrected chi connectivity index (χ4v) is 8.05. The van der Waals surface area contributed by atoms with Crippen LogP contribution in [0.4, 0.5) is 4.39 Å². The van der Waals surface area contributed by atoms with E-state index in [-0.39, 0.29) is 31.5 Å². The highest BCUT2D eigenvalue weighted by molar-refractivity contribution is 6.38.